The zero-order valence-corrected chi connectivity index (χ0v) is 19.7. The van der Waals surface area contributed by atoms with E-state index in [9.17, 15) is 4.79 Å². The van der Waals surface area contributed by atoms with Crippen molar-refractivity contribution in [2.75, 3.05) is 13.7 Å². The standard InChI is InChI=1S/C26H31N3O3/c1-7-14-32-19-13-12-18(15-20(19)31-6)24-21-22(17-10-8-16(2)9-11-17)27-28-23(21)25(30)29(24)26(3,4)5/h8-13,15,24H,7,14H2,1-6H3,(H,27,28). The van der Waals surface area contributed by atoms with Gasteiger partial charge in [-0.05, 0) is 51.8 Å². The van der Waals surface area contributed by atoms with Crippen molar-refractivity contribution >= 4 is 5.91 Å². The number of carbonyl (C=O) groups excluding carboxylic acids is 1. The number of aryl methyl sites for hydroxylation is 1. The molecule has 3 aromatic rings. The molecule has 1 aromatic heterocycles. The highest BCUT2D eigenvalue weighted by molar-refractivity contribution is 6.00. The van der Waals surface area contributed by atoms with Gasteiger partial charge in [-0.3, -0.25) is 9.89 Å². The van der Waals surface area contributed by atoms with Crippen LogP contribution in [0.3, 0.4) is 0 Å². The first-order valence-electron chi connectivity index (χ1n) is 11.1. The fourth-order valence-corrected chi connectivity index (χ4v) is 4.27. The Balaban J connectivity index is 1.88. The number of carbonyl (C=O) groups is 1. The van der Waals surface area contributed by atoms with Gasteiger partial charge in [0.05, 0.1) is 25.5 Å². The molecule has 4 rings (SSSR count). The molecular formula is C26H31N3O3. The van der Waals surface area contributed by atoms with E-state index in [-0.39, 0.29) is 11.9 Å². The Kier molecular flexibility index (Phi) is 5.71. The first kappa shape index (κ1) is 21.9. The monoisotopic (exact) mass is 433 g/mol. The molecule has 0 fully saturated rings. The molecule has 1 unspecified atom stereocenters. The van der Waals surface area contributed by atoms with Crippen LogP contribution in [-0.4, -0.2) is 40.3 Å². The van der Waals surface area contributed by atoms with Crippen LogP contribution in [0.1, 0.15) is 67.3 Å². The molecule has 0 spiro atoms. The number of amides is 1. The number of nitrogens with one attached hydrogen (secondary N) is 1. The average molecular weight is 434 g/mol. The first-order valence-corrected chi connectivity index (χ1v) is 11.1. The molecule has 168 valence electrons. The Morgan fingerprint density at radius 1 is 1.09 bits per heavy atom. The van der Waals surface area contributed by atoms with Gasteiger partial charge in [0, 0.05) is 16.7 Å². The number of hydrogen-bond acceptors (Lipinski definition) is 4. The van der Waals surface area contributed by atoms with Gasteiger partial charge in [-0.2, -0.15) is 5.10 Å². The molecule has 0 aliphatic carbocycles. The van der Waals surface area contributed by atoms with Gasteiger partial charge in [0.2, 0.25) is 0 Å². The smallest absolute Gasteiger partial charge is 0.273 e. The van der Waals surface area contributed by atoms with Gasteiger partial charge in [-0.15, -0.1) is 0 Å². The summed E-state index contributed by atoms with van der Waals surface area (Å²) >= 11 is 0. The van der Waals surface area contributed by atoms with Gasteiger partial charge in [-0.1, -0.05) is 42.8 Å². The number of H-pyrrole nitrogens is 1. The number of methoxy groups -OCH3 is 1. The fourth-order valence-electron chi connectivity index (χ4n) is 4.27. The first-order chi connectivity index (χ1) is 15.3. The maximum absolute atomic E-state index is 13.5. The summed E-state index contributed by atoms with van der Waals surface area (Å²) in [5, 5.41) is 7.57. The molecule has 0 bridgehead atoms. The molecule has 1 aliphatic rings. The topological polar surface area (TPSA) is 67.5 Å². The van der Waals surface area contributed by atoms with Crippen molar-refractivity contribution in [3.63, 3.8) is 0 Å². The molecule has 1 amide bonds. The summed E-state index contributed by atoms with van der Waals surface area (Å²) in [5.41, 5.74) is 4.98. The Morgan fingerprint density at radius 3 is 2.44 bits per heavy atom. The van der Waals surface area contributed by atoms with Gasteiger partial charge < -0.3 is 14.4 Å². The van der Waals surface area contributed by atoms with E-state index in [4.69, 9.17) is 9.47 Å². The van der Waals surface area contributed by atoms with E-state index >= 15 is 0 Å². The highest BCUT2D eigenvalue weighted by atomic mass is 16.5. The van der Waals surface area contributed by atoms with Crippen molar-refractivity contribution in [1.29, 1.82) is 0 Å². The molecule has 2 heterocycles. The van der Waals surface area contributed by atoms with Crippen molar-refractivity contribution in [1.82, 2.24) is 15.1 Å². The van der Waals surface area contributed by atoms with Gasteiger partial charge >= 0.3 is 0 Å². The number of ether oxygens (including phenoxy) is 2. The lowest BCUT2D eigenvalue weighted by molar-refractivity contribution is 0.0545. The lowest BCUT2D eigenvalue weighted by Gasteiger charge is -2.38. The van der Waals surface area contributed by atoms with Crippen LogP contribution in [0, 0.1) is 6.92 Å². The average Bonchev–Trinajstić information content (AvgIpc) is 3.31. The van der Waals surface area contributed by atoms with Crippen LogP contribution in [0.5, 0.6) is 11.5 Å². The summed E-state index contributed by atoms with van der Waals surface area (Å²) in [6, 6.07) is 13.9. The summed E-state index contributed by atoms with van der Waals surface area (Å²) < 4.78 is 11.5. The third-order valence-corrected chi connectivity index (χ3v) is 5.78. The molecule has 2 aromatic carbocycles. The molecule has 1 N–H and O–H groups in total. The van der Waals surface area contributed by atoms with Crippen LogP contribution in [0.25, 0.3) is 11.3 Å². The molecule has 0 radical (unpaired) electrons. The van der Waals surface area contributed by atoms with Crippen molar-refractivity contribution in [3.05, 3.63) is 64.8 Å². The minimum Gasteiger partial charge on any atom is -0.493 e. The lowest BCUT2D eigenvalue weighted by atomic mass is 9.93. The third-order valence-electron chi connectivity index (χ3n) is 5.78. The fraction of sp³-hybridized carbons (Fsp3) is 0.385. The number of aromatic amines is 1. The number of aromatic nitrogens is 2. The summed E-state index contributed by atoms with van der Waals surface area (Å²) in [5.74, 6) is 1.32. The van der Waals surface area contributed by atoms with E-state index in [2.05, 4.69) is 69.1 Å². The van der Waals surface area contributed by atoms with Crippen LogP contribution in [0.4, 0.5) is 0 Å². The molecule has 0 saturated heterocycles. The summed E-state index contributed by atoms with van der Waals surface area (Å²) in [6.07, 6.45) is 0.915. The molecule has 32 heavy (non-hydrogen) atoms. The largest absolute Gasteiger partial charge is 0.493 e. The van der Waals surface area contributed by atoms with E-state index in [1.54, 1.807) is 7.11 Å². The van der Waals surface area contributed by atoms with E-state index in [0.29, 0.717) is 23.8 Å². The molecule has 1 atom stereocenters. The molecule has 1 aliphatic heterocycles. The number of nitrogens with zero attached hydrogens (tertiary/aromatic N) is 2. The molecule has 0 saturated carbocycles. The maximum Gasteiger partial charge on any atom is 0.273 e. The van der Waals surface area contributed by atoms with Gasteiger partial charge in [0.25, 0.3) is 5.91 Å². The van der Waals surface area contributed by atoms with E-state index < -0.39 is 5.54 Å². The van der Waals surface area contributed by atoms with E-state index in [1.165, 1.54) is 5.56 Å². The van der Waals surface area contributed by atoms with E-state index in [1.807, 2.05) is 23.1 Å². The Bertz CT molecular complexity index is 1130. The second kappa shape index (κ2) is 8.34. The van der Waals surface area contributed by atoms with Crippen LogP contribution < -0.4 is 9.47 Å². The predicted octanol–water partition coefficient (Wildman–Crippen LogP) is 5.53. The zero-order chi connectivity index (χ0) is 23.0. The summed E-state index contributed by atoms with van der Waals surface area (Å²) in [6.45, 7) is 10.9. The highest BCUT2D eigenvalue weighted by Gasteiger charge is 2.46. The van der Waals surface area contributed by atoms with Crippen LogP contribution >= 0.6 is 0 Å². The third kappa shape index (κ3) is 3.74. The van der Waals surface area contributed by atoms with Gasteiger partial charge in [0.1, 0.15) is 5.69 Å². The van der Waals surface area contributed by atoms with Gasteiger partial charge in [-0.25, -0.2) is 0 Å². The van der Waals surface area contributed by atoms with Crippen molar-refractivity contribution in [3.8, 4) is 22.8 Å². The number of fused-ring (bicyclic) bond motifs is 1. The number of rotatable bonds is 6. The van der Waals surface area contributed by atoms with Crippen LogP contribution in [0.15, 0.2) is 42.5 Å². The second-order valence-electron chi connectivity index (χ2n) is 9.23. The molecule has 6 heteroatoms. The lowest BCUT2D eigenvalue weighted by Crippen LogP contribution is -2.44. The predicted molar refractivity (Wildman–Crippen MR) is 125 cm³/mol. The van der Waals surface area contributed by atoms with Crippen molar-refractivity contribution in [2.24, 2.45) is 0 Å². The number of hydrogen-bond donors (Lipinski definition) is 1. The maximum atomic E-state index is 13.5. The Hall–Kier alpha value is -3.28. The Labute approximate surface area is 189 Å². The van der Waals surface area contributed by atoms with Crippen molar-refractivity contribution < 1.29 is 14.3 Å². The van der Waals surface area contributed by atoms with Crippen molar-refractivity contribution in [2.45, 2.75) is 52.6 Å². The van der Waals surface area contributed by atoms with Crippen LogP contribution in [0.2, 0.25) is 0 Å². The minimum absolute atomic E-state index is 0.0476. The second-order valence-corrected chi connectivity index (χ2v) is 9.23. The highest BCUT2D eigenvalue weighted by Crippen LogP contribution is 2.47. The van der Waals surface area contributed by atoms with Crippen LogP contribution in [-0.2, 0) is 0 Å². The summed E-state index contributed by atoms with van der Waals surface area (Å²) in [4.78, 5) is 15.4. The molecule has 6 nitrogen and oxygen atoms in total. The Morgan fingerprint density at radius 2 is 1.81 bits per heavy atom. The minimum atomic E-state index is -0.392. The number of benzene rings is 2. The SMILES string of the molecule is CCCOc1ccc(C2c3c(-c4ccc(C)cc4)n[nH]c3C(=O)N2C(C)(C)C)cc1OC. The van der Waals surface area contributed by atoms with E-state index in [0.717, 1.165) is 28.8 Å². The summed E-state index contributed by atoms with van der Waals surface area (Å²) in [7, 11) is 1.64. The zero-order valence-electron chi connectivity index (χ0n) is 19.7. The normalized spacial score (nSPS) is 15.8. The molecular weight excluding hydrogens is 402 g/mol. The quantitative estimate of drug-likeness (QED) is 0.555. The van der Waals surface area contributed by atoms with Gasteiger partial charge in [0.15, 0.2) is 11.5 Å².